The molecule has 0 saturated carbocycles. The number of carbonyl (C=O) groups excluding carboxylic acids is 10. The zero-order chi connectivity index (χ0) is 77.1. The number of ketones is 5. The van der Waals surface area contributed by atoms with Gasteiger partial charge in [-0.25, -0.2) is 28.1 Å². The van der Waals surface area contributed by atoms with E-state index in [1.54, 1.807) is 59.5 Å². The predicted molar refractivity (Wildman–Crippen MR) is 381 cm³/mol. The van der Waals surface area contributed by atoms with Crippen LogP contribution in [0.15, 0.2) is 29.9 Å². The first-order valence-corrected chi connectivity index (χ1v) is 39.4. The summed E-state index contributed by atoms with van der Waals surface area (Å²) in [5.74, 6) is 8.45. The van der Waals surface area contributed by atoms with Gasteiger partial charge in [0.1, 0.15) is 61.1 Å². The summed E-state index contributed by atoms with van der Waals surface area (Å²) in [6.45, 7) is 17.5. The van der Waals surface area contributed by atoms with E-state index in [1.807, 2.05) is 24.8 Å². The molecule has 5 fully saturated rings. The highest BCUT2D eigenvalue weighted by atomic mass is 35.5. The van der Waals surface area contributed by atoms with Gasteiger partial charge in [-0.2, -0.15) is 35.3 Å². The lowest BCUT2D eigenvalue weighted by Crippen LogP contribution is -2.36. The van der Waals surface area contributed by atoms with Crippen LogP contribution in [-0.2, 0) is 107 Å². The number of nitrogens with one attached hydrogen (secondary N) is 3. The van der Waals surface area contributed by atoms with Crippen LogP contribution < -0.4 is 16.0 Å². The summed E-state index contributed by atoms with van der Waals surface area (Å²) in [7, 11) is -0.193. The fraction of sp³-hybridized carbons (Fsp3) is 0.698. The first-order valence-electron chi connectivity index (χ1n) is 31.7. The number of anilines is 1. The third-order valence-corrected chi connectivity index (χ3v) is 21.3. The summed E-state index contributed by atoms with van der Waals surface area (Å²) in [4.78, 5) is 118. The third kappa shape index (κ3) is 59.4. The van der Waals surface area contributed by atoms with Crippen molar-refractivity contribution < 1.29 is 96.5 Å². The molecule has 6 unspecified atom stereocenters. The Morgan fingerprint density at radius 1 is 0.790 bits per heavy atom. The summed E-state index contributed by atoms with van der Waals surface area (Å²) in [6.07, 6.45) is 9.62. The number of imide groups is 1. The first kappa shape index (κ1) is 97.9. The lowest BCUT2D eigenvalue weighted by atomic mass is 10.0. The summed E-state index contributed by atoms with van der Waals surface area (Å²) in [5, 5.41) is 23.1. The Morgan fingerprint density at radius 2 is 1.35 bits per heavy atom. The van der Waals surface area contributed by atoms with Gasteiger partial charge >= 0.3 is 12.3 Å². The summed E-state index contributed by atoms with van der Waals surface area (Å²) in [6, 6.07) is 1.72. The minimum Gasteiger partial charge on any atom is -0.452 e. The molecule has 37 heteroatoms. The number of amides is 5. The number of oxime groups is 1. The molecule has 7 heterocycles. The van der Waals surface area contributed by atoms with E-state index in [4.69, 9.17) is 16.9 Å². The van der Waals surface area contributed by atoms with Crippen molar-refractivity contribution >= 4 is 137 Å². The molecule has 2 aromatic heterocycles. The Bertz CT molecular complexity index is 3090. The SMILES string of the molecule is CC(=O)CC1CCS(=O)(=O)C1.CC(=O)CC1CCS(=O)C1.CC(=O)CC1CCSC1.CC(=O)CCC1CCS1=O.CC(=O)CCC1CS(=O)C1.CC(=O)Nc1ncc(Cl)cn1.CC(C)NC(=O)CC(F)(F)F.CCO/N=C/NC(C)=O.COCN(C(C)=O)C(=O)OC.Cn1cc(C#N)cn1. The number of hydrogen-bond acceptors (Lipinski definition) is 24. The number of hydrogen-bond donors (Lipinski definition) is 3. The van der Waals surface area contributed by atoms with Gasteiger partial charge in [0.15, 0.2) is 9.84 Å². The molecular weight excluding hydrogens is 1440 g/mol. The van der Waals surface area contributed by atoms with Crippen molar-refractivity contribution in [2.75, 3.05) is 84.6 Å². The second kappa shape index (κ2) is 56.3. The van der Waals surface area contributed by atoms with Crippen molar-refractivity contribution in [3.05, 3.63) is 35.4 Å². The van der Waals surface area contributed by atoms with E-state index >= 15 is 0 Å². The molecule has 2 aromatic rings. The molecule has 6 atom stereocenters. The van der Waals surface area contributed by atoms with Crippen LogP contribution in [0.1, 0.15) is 159 Å². The molecule has 5 aliphatic heterocycles. The van der Waals surface area contributed by atoms with Gasteiger partial charge < -0.3 is 48.9 Å². The van der Waals surface area contributed by atoms with Gasteiger partial charge in [-0.15, -0.1) is 0 Å². The quantitative estimate of drug-likeness (QED) is 0.0496. The minimum atomic E-state index is -4.40. The molecule has 0 bridgehead atoms. The van der Waals surface area contributed by atoms with E-state index in [9.17, 15) is 82.2 Å². The number of rotatable bonds is 20. The van der Waals surface area contributed by atoms with Gasteiger partial charge in [-0.1, -0.05) is 16.8 Å². The lowest BCUT2D eigenvalue weighted by Gasteiger charge is -2.23. The highest BCUT2D eigenvalue weighted by molar-refractivity contribution is 7.99. The Hall–Kier alpha value is -6.26. The van der Waals surface area contributed by atoms with Gasteiger partial charge in [0.25, 0.3) is 0 Å². The molecule has 0 radical (unpaired) electrons. The monoisotopic (exact) mass is 1540 g/mol. The van der Waals surface area contributed by atoms with Gasteiger partial charge in [0.2, 0.25) is 29.6 Å². The van der Waals surface area contributed by atoms with Gasteiger partial charge in [-0.3, -0.25) is 41.8 Å². The van der Waals surface area contributed by atoms with Crippen LogP contribution in [0, 0.1) is 35.0 Å². The topological polar surface area (TPSA) is 403 Å². The molecular formula is C63H102ClF3N10O18S5. The average Bonchev–Trinajstić information content (AvgIpc) is 1.26. The van der Waals surface area contributed by atoms with E-state index in [2.05, 4.69) is 50.5 Å². The number of carbonyl (C=O) groups is 10. The summed E-state index contributed by atoms with van der Waals surface area (Å²) in [5.41, 5.74) is 0.604. The van der Waals surface area contributed by atoms with Crippen LogP contribution in [0.5, 0.6) is 0 Å². The number of nitriles is 1. The number of Topliss-reactive ketones (excluding diaryl/α,β-unsaturated/α-hetero) is 5. The van der Waals surface area contributed by atoms with E-state index in [0.29, 0.717) is 78.1 Å². The number of thioether (sulfide) groups is 1. The number of methoxy groups -OCH3 is 2. The number of sulfone groups is 1. The maximum atomic E-state index is 11.5. The van der Waals surface area contributed by atoms with Crippen LogP contribution in [0.4, 0.5) is 23.9 Å². The molecule has 0 aromatic carbocycles. The van der Waals surface area contributed by atoms with Crippen molar-refractivity contribution in [3.8, 4) is 6.07 Å². The second-order valence-corrected chi connectivity index (χ2v) is 32.2. The fourth-order valence-electron chi connectivity index (χ4n) is 8.27. The Balaban J connectivity index is -0.00000105. The van der Waals surface area contributed by atoms with Crippen LogP contribution in [0.2, 0.25) is 5.02 Å². The maximum absolute atomic E-state index is 11.5. The molecule has 570 valence electrons. The Morgan fingerprint density at radius 3 is 1.71 bits per heavy atom. The largest absolute Gasteiger partial charge is 0.452 e. The van der Waals surface area contributed by atoms with Crippen LogP contribution in [0.3, 0.4) is 0 Å². The highest BCUT2D eigenvalue weighted by Gasteiger charge is 2.32. The number of halogens is 4. The van der Waals surface area contributed by atoms with E-state index in [1.165, 1.54) is 84.8 Å². The number of nitrogens with zero attached hydrogens (tertiary/aromatic N) is 7. The smallest absolute Gasteiger partial charge is 0.418 e. The Labute approximate surface area is 602 Å². The van der Waals surface area contributed by atoms with Crippen molar-refractivity contribution in [3.63, 3.8) is 0 Å². The zero-order valence-electron chi connectivity index (χ0n) is 59.6. The fourth-order valence-corrected chi connectivity index (χ4v) is 15.5. The lowest BCUT2D eigenvalue weighted by molar-refractivity contribution is -0.154. The Kier molecular flexibility index (Phi) is 55.1. The van der Waals surface area contributed by atoms with Crippen LogP contribution >= 0.6 is 23.4 Å². The number of ether oxygens (including phenoxy) is 2. The van der Waals surface area contributed by atoms with Crippen molar-refractivity contribution in [1.29, 1.82) is 5.26 Å². The number of aromatic nitrogens is 4. The molecule has 0 spiro atoms. The predicted octanol–water partition coefficient (Wildman–Crippen LogP) is 7.61. The van der Waals surface area contributed by atoms with Crippen molar-refractivity contribution in [2.45, 2.75) is 171 Å². The first-order chi connectivity index (χ1) is 46.6. The van der Waals surface area contributed by atoms with E-state index in [0.717, 1.165) is 65.8 Å². The third-order valence-electron chi connectivity index (χ3n) is 12.9. The number of alkyl halides is 3. The molecule has 3 N–H and O–H groups in total. The summed E-state index contributed by atoms with van der Waals surface area (Å²) >= 11 is 7.48. The summed E-state index contributed by atoms with van der Waals surface area (Å²) < 4.78 is 99.1. The molecule has 5 aliphatic rings. The molecule has 100 heavy (non-hydrogen) atoms. The van der Waals surface area contributed by atoms with Crippen LogP contribution in [-0.4, -0.2) is 207 Å². The van der Waals surface area contributed by atoms with Gasteiger partial charge in [0, 0.05) is 146 Å². The normalized spacial score (nSPS) is 19.9. The van der Waals surface area contributed by atoms with Crippen LogP contribution in [0.25, 0.3) is 0 Å². The van der Waals surface area contributed by atoms with Gasteiger partial charge in [0.05, 0.1) is 47.8 Å². The van der Waals surface area contributed by atoms with Gasteiger partial charge in [-0.05, 0) is 129 Å². The van der Waals surface area contributed by atoms with E-state index < -0.39 is 72.7 Å². The highest BCUT2D eigenvalue weighted by Crippen LogP contribution is 2.26. The zero-order valence-corrected chi connectivity index (χ0v) is 64.5. The van der Waals surface area contributed by atoms with E-state index in [-0.39, 0.29) is 71.1 Å². The maximum Gasteiger partial charge on any atom is 0.418 e. The molecule has 28 nitrogen and oxygen atoms in total. The average molecular weight is 1540 g/mol. The van der Waals surface area contributed by atoms with Crippen molar-refractivity contribution in [2.24, 2.45) is 35.9 Å². The minimum absolute atomic E-state index is 0.0813. The second-order valence-electron chi connectivity index (χ2n) is 23.4. The molecule has 7 rings (SSSR count). The molecule has 0 aliphatic carbocycles. The standard InChI is InChI=1S/C7H12O3S.3C7H12O2S.C7H12OS.C6H6ClN3O.C6H10F3NO.C6H11NO4.C5H5N3.C5H10N2O2/c1-6(8)4-7-2-3-11(9,10)5-7;1-6(8)4-7-2-3-10(9)5-7;1-6(8)2-3-7-4-10(9)5-7;1-6(8)2-3-7-4-5-10(7)9;1-6(8)4-7-2-3-9-5-7;1-4(11)10-6-8-2-5(7)3-9-6;1-4(2)10-5(11)3-6(7,8)9;1-5(8)7(4-10-2)6(9)11-3;1-8-4-5(2-6)3-7-8;1-3-9-7-4-6-5(2)8/h7H,2-5H2,1H3;3*7H,2-5H2,1H3;7H,2-5H2,1H3;2-3H,1H3,(H,8,9,10,11);4H,3H2,1-2H3,(H,10,11);4H2,1-3H3;3-4H,1H3;4H,3H2,1-2H3,(H,6,7,8). The van der Waals surface area contributed by atoms with Crippen molar-refractivity contribution in [1.82, 2.24) is 35.3 Å². The number of aryl methyl sites for hydroxylation is 1. The molecule has 5 amide bonds. The molecule has 5 saturated heterocycles.